The minimum absolute atomic E-state index is 0.123. The van der Waals surface area contributed by atoms with Gasteiger partial charge in [-0.1, -0.05) is 18.2 Å². The van der Waals surface area contributed by atoms with Gasteiger partial charge in [-0.05, 0) is 66.9 Å². The molecule has 2 N–H and O–H groups in total. The minimum atomic E-state index is -0.251. The van der Waals surface area contributed by atoms with Crippen molar-refractivity contribution in [1.29, 1.82) is 0 Å². The highest BCUT2D eigenvalue weighted by Crippen LogP contribution is 2.16. The summed E-state index contributed by atoms with van der Waals surface area (Å²) in [7, 11) is 1.87. The summed E-state index contributed by atoms with van der Waals surface area (Å²) in [5, 5.41) is 7.52. The van der Waals surface area contributed by atoms with Gasteiger partial charge in [0, 0.05) is 17.9 Å². The molecule has 0 aliphatic rings. The van der Waals surface area contributed by atoms with Gasteiger partial charge in [-0.15, -0.1) is 11.3 Å². The molecule has 1 heterocycles. The topological polar surface area (TPSA) is 61.4 Å². The third-order valence-corrected chi connectivity index (χ3v) is 5.15. The van der Waals surface area contributed by atoms with Gasteiger partial charge in [0.1, 0.15) is 5.82 Å². The number of halogens is 1. The fourth-order valence-corrected chi connectivity index (χ4v) is 3.35. The minimum Gasteiger partial charge on any atom is -0.325 e. The van der Waals surface area contributed by atoms with Gasteiger partial charge in [0.05, 0.1) is 11.4 Å². The van der Waals surface area contributed by atoms with E-state index in [-0.39, 0.29) is 24.2 Å². The number of nitrogens with zero attached hydrogens (tertiary/aromatic N) is 1. The first-order chi connectivity index (χ1) is 14.0. The van der Waals surface area contributed by atoms with Gasteiger partial charge >= 0.3 is 0 Å². The zero-order valence-corrected chi connectivity index (χ0v) is 16.8. The second-order valence-corrected chi connectivity index (χ2v) is 7.62. The number of nitrogens with one attached hydrogen (secondary N) is 2. The molecule has 3 aromatic rings. The molecule has 0 spiro atoms. The molecule has 2 aromatic carbocycles. The van der Waals surface area contributed by atoms with Crippen molar-refractivity contribution in [2.45, 2.75) is 6.42 Å². The van der Waals surface area contributed by atoms with Crippen molar-refractivity contribution in [3.05, 3.63) is 82.3 Å². The molecule has 5 nitrogen and oxygen atoms in total. The molecular weight excluding hydrogens is 389 g/mol. The molecule has 1 aromatic heterocycles. The predicted octanol–water partition coefficient (Wildman–Crippen LogP) is 4.25. The lowest BCUT2D eigenvalue weighted by Crippen LogP contribution is -2.31. The monoisotopic (exact) mass is 411 g/mol. The molecule has 150 valence electrons. The Morgan fingerprint density at radius 2 is 1.62 bits per heavy atom. The third kappa shape index (κ3) is 6.51. The number of hydrogen-bond donors (Lipinski definition) is 2. The lowest BCUT2D eigenvalue weighted by molar-refractivity contribution is -0.117. The lowest BCUT2D eigenvalue weighted by atomic mass is 10.1. The highest BCUT2D eigenvalue weighted by atomic mass is 32.1. The van der Waals surface area contributed by atoms with E-state index < -0.39 is 0 Å². The molecule has 0 bridgehead atoms. The average molecular weight is 412 g/mol. The van der Waals surface area contributed by atoms with E-state index in [1.54, 1.807) is 42.5 Å². The summed E-state index contributed by atoms with van der Waals surface area (Å²) >= 11 is 1.38. The predicted molar refractivity (Wildman–Crippen MR) is 115 cm³/mol. The summed E-state index contributed by atoms with van der Waals surface area (Å²) in [5.74, 6) is -0.528. The van der Waals surface area contributed by atoms with Crippen molar-refractivity contribution in [3.8, 4) is 0 Å². The van der Waals surface area contributed by atoms with E-state index in [0.29, 0.717) is 22.8 Å². The van der Waals surface area contributed by atoms with Gasteiger partial charge in [0.15, 0.2) is 0 Å². The standard InChI is InChI=1S/C22H22FN3O2S/c1-26(13-12-16-4-6-17(23)7-5-16)15-21(27)24-18-8-10-19(11-9-18)25-22(28)20-3-2-14-29-20/h2-11,14H,12-13,15H2,1H3,(H,24,27)(H,25,28). The van der Waals surface area contributed by atoms with E-state index in [0.717, 1.165) is 12.0 Å². The van der Waals surface area contributed by atoms with E-state index in [1.807, 2.05) is 23.4 Å². The molecular formula is C22H22FN3O2S. The highest BCUT2D eigenvalue weighted by molar-refractivity contribution is 7.12. The first-order valence-corrected chi connectivity index (χ1v) is 10.1. The van der Waals surface area contributed by atoms with Crippen molar-refractivity contribution in [3.63, 3.8) is 0 Å². The summed E-state index contributed by atoms with van der Waals surface area (Å²) in [6.07, 6.45) is 0.739. The van der Waals surface area contributed by atoms with Gasteiger partial charge in [-0.25, -0.2) is 4.39 Å². The van der Waals surface area contributed by atoms with Crippen molar-refractivity contribution >= 4 is 34.5 Å². The van der Waals surface area contributed by atoms with Gasteiger partial charge in [0.25, 0.3) is 5.91 Å². The lowest BCUT2D eigenvalue weighted by Gasteiger charge is -2.16. The van der Waals surface area contributed by atoms with Crippen LogP contribution >= 0.6 is 11.3 Å². The van der Waals surface area contributed by atoms with Crippen LogP contribution in [0.15, 0.2) is 66.0 Å². The summed E-state index contributed by atoms with van der Waals surface area (Å²) in [6, 6.07) is 17.0. The Balaban J connectivity index is 1.43. The second-order valence-electron chi connectivity index (χ2n) is 6.67. The van der Waals surface area contributed by atoms with Crippen LogP contribution < -0.4 is 10.6 Å². The van der Waals surface area contributed by atoms with Crippen LogP contribution in [-0.4, -0.2) is 36.9 Å². The number of benzene rings is 2. The van der Waals surface area contributed by atoms with E-state index in [1.165, 1.54) is 23.5 Å². The number of hydrogen-bond acceptors (Lipinski definition) is 4. The summed E-state index contributed by atoms with van der Waals surface area (Å²) in [6.45, 7) is 0.935. The second kappa shape index (κ2) is 9.95. The summed E-state index contributed by atoms with van der Waals surface area (Å²) in [5.41, 5.74) is 2.35. The van der Waals surface area contributed by atoms with Crippen LogP contribution in [0.3, 0.4) is 0 Å². The Morgan fingerprint density at radius 3 is 2.24 bits per heavy atom. The third-order valence-electron chi connectivity index (χ3n) is 4.28. The first-order valence-electron chi connectivity index (χ1n) is 9.17. The summed E-state index contributed by atoms with van der Waals surface area (Å²) in [4.78, 5) is 26.8. The summed E-state index contributed by atoms with van der Waals surface area (Å²) < 4.78 is 12.9. The van der Waals surface area contributed by atoms with Gasteiger partial charge < -0.3 is 10.6 Å². The van der Waals surface area contributed by atoms with Crippen molar-refractivity contribution in [2.24, 2.45) is 0 Å². The molecule has 0 radical (unpaired) electrons. The molecule has 0 saturated heterocycles. The zero-order valence-electron chi connectivity index (χ0n) is 16.0. The van der Waals surface area contributed by atoms with Gasteiger partial charge in [-0.2, -0.15) is 0 Å². The Bertz CT molecular complexity index is 941. The van der Waals surface area contributed by atoms with Crippen LogP contribution in [0.4, 0.5) is 15.8 Å². The number of rotatable bonds is 8. The number of carbonyl (C=O) groups is 2. The Kier molecular flexibility index (Phi) is 7.10. The van der Waals surface area contributed by atoms with E-state index in [4.69, 9.17) is 0 Å². The maximum Gasteiger partial charge on any atom is 0.265 e. The van der Waals surface area contributed by atoms with Crippen molar-refractivity contribution < 1.29 is 14.0 Å². The number of amides is 2. The van der Waals surface area contributed by atoms with Crippen molar-refractivity contribution in [2.75, 3.05) is 30.8 Å². The molecule has 2 amide bonds. The number of thiophene rings is 1. The highest BCUT2D eigenvalue weighted by Gasteiger charge is 2.09. The van der Waals surface area contributed by atoms with Crippen molar-refractivity contribution in [1.82, 2.24) is 4.90 Å². The van der Waals surface area contributed by atoms with Gasteiger partial charge in [-0.3, -0.25) is 14.5 Å². The average Bonchev–Trinajstić information content (AvgIpc) is 3.24. The quantitative estimate of drug-likeness (QED) is 0.582. The van der Waals surface area contributed by atoms with Crippen LogP contribution in [0.1, 0.15) is 15.2 Å². The van der Waals surface area contributed by atoms with Gasteiger partial charge in [0.2, 0.25) is 5.91 Å². The SMILES string of the molecule is CN(CCc1ccc(F)cc1)CC(=O)Nc1ccc(NC(=O)c2cccs2)cc1. The molecule has 0 aliphatic carbocycles. The fraction of sp³-hybridized carbons (Fsp3) is 0.182. The van der Waals surface area contributed by atoms with Crippen LogP contribution in [-0.2, 0) is 11.2 Å². The molecule has 0 aliphatic heterocycles. The Morgan fingerprint density at radius 1 is 0.966 bits per heavy atom. The van der Waals surface area contributed by atoms with E-state index >= 15 is 0 Å². The molecule has 7 heteroatoms. The van der Waals surface area contributed by atoms with Crippen LogP contribution in [0.2, 0.25) is 0 Å². The number of carbonyl (C=O) groups excluding carboxylic acids is 2. The normalized spacial score (nSPS) is 10.7. The molecule has 0 atom stereocenters. The smallest absolute Gasteiger partial charge is 0.265 e. The van der Waals surface area contributed by atoms with E-state index in [2.05, 4.69) is 10.6 Å². The Hall–Kier alpha value is -3.03. The van der Waals surface area contributed by atoms with E-state index in [9.17, 15) is 14.0 Å². The van der Waals surface area contributed by atoms with Crippen LogP contribution in [0.25, 0.3) is 0 Å². The largest absolute Gasteiger partial charge is 0.325 e. The molecule has 0 saturated carbocycles. The maximum atomic E-state index is 12.9. The van der Waals surface area contributed by atoms with Crippen LogP contribution in [0.5, 0.6) is 0 Å². The molecule has 3 rings (SSSR count). The molecule has 0 fully saturated rings. The zero-order chi connectivity index (χ0) is 20.6. The number of anilines is 2. The molecule has 0 unspecified atom stereocenters. The fourth-order valence-electron chi connectivity index (χ4n) is 2.73. The first kappa shape index (κ1) is 20.7. The van der Waals surface area contributed by atoms with Crippen LogP contribution in [0, 0.1) is 5.82 Å². The number of likely N-dealkylation sites (N-methyl/N-ethyl adjacent to an activating group) is 1. The Labute approximate surface area is 173 Å². The molecule has 29 heavy (non-hydrogen) atoms. The maximum absolute atomic E-state index is 12.9.